The molecule has 2 atom stereocenters. The monoisotopic (exact) mass is 238 g/mol. The van der Waals surface area contributed by atoms with Gasteiger partial charge in [-0.25, -0.2) is 4.98 Å². The summed E-state index contributed by atoms with van der Waals surface area (Å²) >= 11 is 0. The highest BCUT2D eigenvalue weighted by molar-refractivity contribution is 5.20. The van der Waals surface area contributed by atoms with Crippen LogP contribution in [0, 0.1) is 0 Å². The second-order valence-corrected chi connectivity index (χ2v) is 3.39. The lowest BCUT2D eigenvalue weighted by Crippen LogP contribution is -2.19. The molecule has 2 unspecified atom stereocenters. The highest BCUT2D eigenvalue weighted by atomic mass is 16.5. The van der Waals surface area contributed by atoms with Gasteiger partial charge in [-0.1, -0.05) is 5.11 Å². The molecule has 1 aromatic heterocycles. The highest BCUT2D eigenvalue weighted by Gasteiger charge is 2.18. The van der Waals surface area contributed by atoms with Gasteiger partial charge in [0.05, 0.1) is 13.2 Å². The quantitative estimate of drug-likeness (QED) is 0.440. The lowest BCUT2D eigenvalue weighted by molar-refractivity contribution is 0.0148. The fourth-order valence-electron chi connectivity index (χ4n) is 1.30. The Kier molecular flexibility index (Phi) is 5.22. The van der Waals surface area contributed by atoms with Crippen molar-refractivity contribution in [2.24, 2.45) is 5.11 Å². The van der Waals surface area contributed by atoms with Gasteiger partial charge in [0.15, 0.2) is 0 Å². The largest absolute Gasteiger partial charge is 0.481 e. The fourth-order valence-corrected chi connectivity index (χ4v) is 1.30. The van der Waals surface area contributed by atoms with Gasteiger partial charge >= 0.3 is 0 Å². The predicted octanol–water partition coefficient (Wildman–Crippen LogP) is 1.18. The van der Waals surface area contributed by atoms with Crippen molar-refractivity contribution < 1.29 is 14.9 Å². The Morgan fingerprint density at radius 1 is 1.53 bits per heavy atom. The zero-order chi connectivity index (χ0) is 12.7. The van der Waals surface area contributed by atoms with E-state index in [4.69, 9.17) is 10.3 Å². The number of nitrogens with zero attached hydrogens (tertiary/aromatic N) is 4. The molecule has 0 bridgehead atoms. The zero-order valence-electron chi connectivity index (χ0n) is 9.39. The molecule has 0 aliphatic rings. The first-order valence-corrected chi connectivity index (χ1v) is 5.06. The summed E-state index contributed by atoms with van der Waals surface area (Å²) in [6.07, 6.45) is -0.421. The molecular formula is C10H14N4O3. The molecule has 7 heteroatoms. The Balaban J connectivity index is 2.60. The molecule has 0 aromatic carbocycles. The van der Waals surface area contributed by atoms with Crippen molar-refractivity contribution in [3.8, 4) is 5.88 Å². The minimum atomic E-state index is -1.05. The van der Waals surface area contributed by atoms with Gasteiger partial charge in [0.1, 0.15) is 6.10 Å². The normalized spacial score (nSPS) is 13.6. The predicted molar refractivity (Wildman–Crippen MR) is 60.4 cm³/mol. The van der Waals surface area contributed by atoms with E-state index in [0.717, 1.165) is 0 Å². The second-order valence-electron chi connectivity index (χ2n) is 3.39. The Bertz CT molecular complexity index is 389. The maximum atomic E-state index is 9.79. The molecule has 0 fully saturated rings. The molecule has 1 heterocycles. The van der Waals surface area contributed by atoms with Gasteiger partial charge in [-0.05, 0) is 18.0 Å². The Morgan fingerprint density at radius 3 is 2.82 bits per heavy atom. The number of methoxy groups -OCH3 is 1. The number of hydrogen-bond donors (Lipinski definition) is 2. The molecule has 0 amide bonds. The topological polar surface area (TPSA) is 111 Å². The third-order valence-corrected chi connectivity index (χ3v) is 2.26. The summed E-state index contributed by atoms with van der Waals surface area (Å²) in [6, 6.07) is 3.21. The third kappa shape index (κ3) is 3.92. The molecule has 0 radical (unpaired) electrons. The van der Waals surface area contributed by atoms with Crippen LogP contribution < -0.4 is 4.74 Å². The molecule has 0 saturated heterocycles. The van der Waals surface area contributed by atoms with Gasteiger partial charge in [0.25, 0.3) is 0 Å². The summed E-state index contributed by atoms with van der Waals surface area (Å²) < 4.78 is 4.88. The van der Waals surface area contributed by atoms with Crippen molar-refractivity contribution in [2.75, 3.05) is 13.7 Å². The van der Waals surface area contributed by atoms with Crippen LogP contribution in [0.4, 0.5) is 0 Å². The molecule has 92 valence electrons. The van der Waals surface area contributed by atoms with Crippen molar-refractivity contribution in [3.63, 3.8) is 0 Å². The number of aliphatic hydroxyl groups excluding tert-OH is 2. The minimum Gasteiger partial charge on any atom is -0.481 e. The van der Waals surface area contributed by atoms with E-state index in [-0.39, 0.29) is 13.0 Å². The summed E-state index contributed by atoms with van der Waals surface area (Å²) in [7, 11) is 1.49. The van der Waals surface area contributed by atoms with E-state index in [1.165, 1.54) is 13.3 Å². The molecule has 2 N–H and O–H groups in total. The number of hydrogen-bond acceptors (Lipinski definition) is 5. The van der Waals surface area contributed by atoms with Gasteiger partial charge < -0.3 is 14.9 Å². The third-order valence-electron chi connectivity index (χ3n) is 2.26. The SMILES string of the molecule is COc1ccc(C(O)C(O)CCN=[N+]=[N-])cn1. The molecule has 0 aliphatic heterocycles. The van der Waals surface area contributed by atoms with Crippen LogP contribution in [0.2, 0.25) is 0 Å². The smallest absolute Gasteiger partial charge is 0.212 e. The summed E-state index contributed by atoms with van der Waals surface area (Å²) in [5.41, 5.74) is 8.57. The molecule has 1 aromatic rings. The van der Waals surface area contributed by atoms with Crippen molar-refractivity contribution >= 4 is 0 Å². The van der Waals surface area contributed by atoms with E-state index in [1.807, 2.05) is 0 Å². The van der Waals surface area contributed by atoms with Gasteiger partial charge in [-0.2, -0.15) is 0 Å². The van der Waals surface area contributed by atoms with Crippen LogP contribution >= 0.6 is 0 Å². The molecule has 7 nitrogen and oxygen atoms in total. The van der Waals surface area contributed by atoms with Crippen LogP contribution in [0.25, 0.3) is 10.4 Å². The van der Waals surface area contributed by atoms with Gasteiger partial charge in [-0.3, -0.25) is 0 Å². The Morgan fingerprint density at radius 2 is 2.29 bits per heavy atom. The number of ether oxygens (including phenoxy) is 1. The summed E-state index contributed by atoms with van der Waals surface area (Å²) in [5, 5.41) is 22.7. The van der Waals surface area contributed by atoms with E-state index in [1.54, 1.807) is 12.1 Å². The van der Waals surface area contributed by atoms with Gasteiger partial charge in [0.2, 0.25) is 5.88 Å². The standard InChI is InChI=1S/C10H14N4O3/c1-17-9-3-2-7(6-12-9)10(16)8(15)4-5-13-14-11/h2-3,6,8,10,15-16H,4-5H2,1H3. The average Bonchev–Trinajstić information content (AvgIpc) is 2.38. The maximum absolute atomic E-state index is 9.79. The van der Waals surface area contributed by atoms with E-state index in [9.17, 15) is 10.2 Å². The van der Waals surface area contributed by atoms with Crippen molar-refractivity contribution in [2.45, 2.75) is 18.6 Å². The first-order chi connectivity index (χ1) is 8.19. The van der Waals surface area contributed by atoms with Crippen LogP contribution in [-0.4, -0.2) is 35.0 Å². The number of aromatic nitrogens is 1. The van der Waals surface area contributed by atoms with Crippen LogP contribution in [-0.2, 0) is 0 Å². The number of azide groups is 1. The Labute approximate surface area is 98.3 Å². The molecule has 0 spiro atoms. The first-order valence-electron chi connectivity index (χ1n) is 5.06. The Hall–Kier alpha value is -1.82. The fraction of sp³-hybridized carbons (Fsp3) is 0.500. The first kappa shape index (κ1) is 13.2. The molecule has 0 aliphatic carbocycles. The van der Waals surface area contributed by atoms with E-state index >= 15 is 0 Å². The number of rotatable bonds is 6. The zero-order valence-corrected chi connectivity index (χ0v) is 9.39. The molecular weight excluding hydrogens is 224 g/mol. The van der Waals surface area contributed by atoms with E-state index in [0.29, 0.717) is 11.4 Å². The lowest BCUT2D eigenvalue weighted by atomic mass is 10.0. The summed E-state index contributed by atoms with van der Waals surface area (Å²) in [5.74, 6) is 0.435. The van der Waals surface area contributed by atoms with Gasteiger partial charge in [0, 0.05) is 29.3 Å². The average molecular weight is 238 g/mol. The van der Waals surface area contributed by atoms with E-state index in [2.05, 4.69) is 15.0 Å². The van der Waals surface area contributed by atoms with Gasteiger partial charge in [-0.15, -0.1) is 0 Å². The van der Waals surface area contributed by atoms with Crippen LogP contribution in [0.3, 0.4) is 0 Å². The van der Waals surface area contributed by atoms with Crippen LogP contribution in [0.5, 0.6) is 5.88 Å². The summed E-state index contributed by atoms with van der Waals surface area (Å²) in [4.78, 5) is 6.49. The minimum absolute atomic E-state index is 0.137. The van der Waals surface area contributed by atoms with Crippen molar-refractivity contribution in [1.29, 1.82) is 0 Å². The molecule has 1 rings (SSSR count). The molecule has 17 heavy (non-hydrogen) atoms. The lowest BCUT2D eigenvalue weighted by Gasteiger charge is -2.17. The highest BCUT2D eigenvalue weighted by Crippen LogP contribution is 2.19. The van der Waals surface area contributed by atoms with Crippen molar-refractivity contribution in [3.05, 3.63) is 34.3 Å². The van der Waals surface area contributed by atoms with E-state index < -0.39 is 12.2 Å². The van der Waals surface area contributed by atoms with Crippen molar-refractivity contribution in [1.82, 2.24) is 4.98 Å². The molecule has 0 saturated carbocycles. The number of pyridine rings is 1. The summed E-state index contributed by atoms with van der Waals surface area (Å²) in [6.45, 7) is 0.137. The van der Waals surface area contributed by atoms with Crippen LogP contribution in [0.15, 0.2) is 23.4 Å². The second kappa shape index (κ2) is 6.70. The maximum Gasteiger partial charge on any atom is 0.212 e. The number of aliphatic hydroxyl groups is 2. The van der Waals surface area contributed by atoms with Crippen LogP contribution in [0.1, 0.15) is 18.1 Å².